The first-order valence-corrected chi connectivity index (χ1v) is 11.0. The Morgan fingerprint density at radius 1 is 1.12 bits per heavy atom. The Balaban J connectivity index is 0.00000363. The second kappa shape index (κ2) is 14.3. The number of ether oxygens (including phenoxy) is 2. The van der Waals surface area contributed by atoms with E-state index >= 15 is 0 Å². The van der Waals surface area contributed by atoms with Gasteiger partial charge in [0.05, 0.1) is 13.2 Å². The molecule has 0 bridgehead atoms. The standard InChI is InChI=1S/C24H35N5O2.HI/c1-19(2)22(29-11-13-30-14-12-29)17-28-24(25-3)27-16-21-9-10-26-23(15-21)31-18-20-7-5-4-6-8-20;/h4-10,15,19,22H,11-14,16-18H2,1-3H3,(H2,25,27,28);1H. The number of morpholine rings is 1. The Kier molecular flexibility index (Phi) is 11.8. The third-order valence-electron chi connectivity index (χ3n) is 5.48. The minimum atomic E-state index is 0. The van der Waals surface area contributed by atoms with E-state index in [2.05, 4.69) is 39.4 Å². The normalized spacial score (nSPS) is 15.7. The molecule has 32 heavy (non-hydrogen) atoms. The lowest BCUT2D eigenvalue weighted by Crippen LogP contribution is -2.52. The van der Waals surface area contributed by atoms with Crippen molar-refractivity contribution in [2.45, 2.75) is 33.0 Å². The quantitative estimate of drug-likeness (QED) is 0.282. The summed E-state index contributed by atoms with van der Waals surface area (Å²) < 4.78 is 11.3. The van der Waals surface area contributed by atoms with Gasteiger partial charge in [0.15, 0.2) is 5.96 Å². The Morgan fingerprint density at radius 3 is 2.56 bits per heavy atom. The fourth-order valence-corrected chi connectivity index (χ4v) is 3.67. The highest BCUT2D eigenvalue weighted by molar-refractivity contribution is 14.0. The van der Waals surface area contributed by atoms with E-state index < -0.39 is 0 Å². The number of rotatable bonds is 9. The van der Waals surface area contributed by atoms with E-state index in [1.807, 2.05) is 42.5 Å². The minimum absolute atomic E-state index is 0. The number of pyridine rings is 1. The summed E-state index contributed by atoms with van der Waals surface area (Å²) in [4.78, 5) is 11.2. The Labute approximate surface area is 209 Å². The van der Waals surface area contributed by atoms with Crippen LogP contribution >= 0.6 is 24.0 Å². The summed E-state index contributed by atoms with van der Waals surface area (Å²) in [7, 11) is 1.80. The molecule has 1 fully saturated rings. The summed E-state index contributed by atoms with van der Waals surface area (Å²) >= 11 is 0. The van der Waals surface area contributed by atoms with Crippen LogP contribution in [0.1, 0.15) is 25.0 Å². The molecule has 0 amide bonds. The molecule has 0 spiro atoms. The molecule has 1 saturated heterocycles. The monoisotopic (exact) mass is 553 g/mol. The largest absolute Gasteiger partial charge is 0.473 e. The number of aliphatic imine (C=N–C) groups is 1. The van der Waals surface area contributed by atoms with Crippen molar-refractivity contribution in [3.8, 4) is 5.88 Å². The van der Waals surface area contributed by atoms with Crippen LogP contribution in [0.25, 0.3) is 0 Å². The van der Waals surface area contributed by atoms with Crippen LogP contribution in [0.2, 0.25) is 0 Å². The number of benzene rings is 1. The smallest absolute Gasteiger partial charge is 0.213 e. The summed E-state index contributed by atoms with van der Waals surface area (Å²) in [6, 6.07) is 14.5. The van der Waals surface area contributed by atoms with E-state index in [4.69, 9.17) is 9.47 Å². The molecule has 2 N–H and O–H groups in total. The summed E-state index contributed by atoms with van der Waals surface area (Å²) in [5.41, 5.74) is 2.21. The number of nitrogens with zero attached hydrogens (tertiary/aromatic N) is 3. The lowest BCUT2D eigenvalue weighted by Gasteiger charge is -2.37. The molecule has 1 unspecified atom stereocenters. The summed E-state index contributed by atoms with van der Waals surface area (Å²) in [5.74, 6) is 1.97. The molecular formula is C24H36IN5O2. The molecule has 1 atom stereocenters. The van der Waals surface area contributed by atoms with E-state index in [0.29, 0.717) is 31.0 Å². The van der Waals surface area contributed by atoms with Crippen LogP contribution in [-0.4, -0.2) is 61.8 Å². The van der Waals surface area contributed by atoms with Gasteiger partial charge >= 0.3 is 0 Å². The van der Waals surface area contributed by atoms with Gasteiger partial charge < -0.3 is 20.1 Å². The zero-order valence-corrected chi connectivity index (χ0v) is 21.6. The van der Waals surface area contributed by atoms with E-state index in [0.717, 1.165) is 49.9 Å². The zero-order valence-electron chi connectivity index (χ0n) is 19.3. The van der Waals surface area contributed by atoms with Gasteiger partial charge in [-0.3, -0.25) is 9.89 Å². The highest BCUT2D eigenvalue weighted by Crippen LogP contribution is 2.13. The Bertz CT molecular complexity index is 813. The highest BCUT2D eigenvalue weighted by atomic mass is 127. The van der Waals surface area contributed by atoms with Crippen molar-refractivity contribution >= 4 is 29.9 Å². The van der Waals surface area contributed by atoms with Gasteiger partial charge in [-0.1, -0.05) is 44.2 Å². The summed E-state index contributed by atoms with van der Waals surface area (Å²) in [5, 5.41) is 6.89. The van der Waals surface area contributed by atoms with E-state index in [1.165, 1.54) is 0 Å². The lowest BCUT2D eigenvalue weighted by atomic mass is 10.0. The van der Waals surface area contributed by atoms with Crippen LogP contribution in [-0.2, 0) is 17.9 Å². The summed E-state index contributed by atoms with van der Waals surface area (Å²) in [6.07, 6.45) is 1.78. The molecule has 1 aromatic heterocycles. The van der Waals surface area contributed by atoms with Gasteiger partial charge in [-0.15, -0.1) is 24.0 Å². The van der Waals surface area contributed by atoms with Gasteiger partial charge in [-0.25, -0.2) is 4.98 Å². The van der Waals surface area contributed by atoms with Crippen molar-refractivity contribution in [3.05, 3.63) is 59.8 Å². The van der Waals surface area contributed by atoms with Gasteiger partial charge in [0, 0.05) is 51.5 Å². The molecule has 8 heteroatoms. The Hall–Kier alpha value is -1.91. The van der Waals surface area contributed by atoms with Gasteiger partial charge in [-0.05, 0) is 23.1 Å². The van der Waals surface area contributed by atoms with Crippen LogP contribution in [0.3, 0.4) is 0 Å². The first kappa shape index (κ1) is 26.3. The molecule has 0 saturated carbocycles. The maximum Gasteiger partial charge on any atom is 0.213 e. The molecule has 2 aromatic rings. The average Bonchev–Trinajstić information content (AvgIpc) is 2.81. The molecule has 7 nitrogen and oxygen atoms in total. The molecule has 0 aliphatic carbocycles. The lowest BCUT2D eigenvalue weighted by molar-refractivity contribution is 0.00752. The molecule has 3 rings (SSSR count). The van der Waals surface area contributed by atoms with Crippen molar-refractivity contribution in [1.29, 1.82) is 0 Å². The third-order valence-corrected chi connectivity index (χ3v) is 5.48. The number of aromatic nitrogens is 1. The van der Waals surface area contributed by atoms with Gasteiger partial charge in [0.25, 0.3) is 0 Å². The second-order valence-electron chi connectivity index (χ2n) is 8.04. The molecule has 1 aliphatic heterocycles. The number of halogens is 1. The first-order chi connectivity index (χ1) is 15.2. The SMILES string of the molecule is CN=C(NCc1ccnc(OCc2ccccc2)c1)NCC(C(C)C)N1CCOCC1.I. The number of nitrogens with one attached hydrogen (secondary N) is 2. The molecule has 1 aromatic carbocycles. The van der Waals surface area contributed by atoms with Crippen molar-refractivity contribution in [1.82, 2.24) is 20.5 Å². The minimum Gasteiger partial charge on any atom is -0.473 e. The van der Waals surface area contributed by atoms with Crippen LogP contribution in [0, 0.1) is 5.92 Å². The number of guanidine groups is 1. The van der Waals surface area contributed by atoms with Gasteiger partial charge in [0.1, 0.15) is 6.61 Å². The van der Waals surface area contributed by atoms with Gasteiger partial charge in [0.2, 0.25) is 5.88 Å². The summed E-state index contributed by atoms with van der Waals surface area (Å²) in [6.45, 7) is 10.1. The van der Waals surface area contributed by atoms with Crippen molar-refractivity contribution in [3.63, 3.8) is 0 Å². The van der Waals surface area contributed by atoms with Crippen LogP contribution in [0.15, 0.2) is 53.7 Å². The van der Waals surface area contributed by atoms with E-state index in [-0.39, 0.29) is 24.0 Å². The second-order valence-corrected chi connectivity index (χ2v) is 8.04. The maximum atomic E-state index is 5.84. The average molecular weight is 553 g/mol. The number of hydrogen-bond donors (Lipinski definition) is 2. The molecule has 2 heterocycles. The van der Waals surface area contributed by atoms with Crippen molar-refractivity contribution < 1.29 is 9.47 Å². The van der Waals surface area contributed by atoms with E-state index in [1.54, 1.807) is 13.2 Å². The molecule has 176 valence electrons. The van der Waals surface area contributed by atoms with Crippen molar-refractivity contribution in [2.75, 3.05) is 39.9 Å². The third kappa shape index (κ3) is 8.55. The fourth-order valence-electron chi connectivity index (χ4n) is 3.67. The zero-order chi connectivity index (χ0) is 21.9. The van der Waals surface area contributed by atoms with Crippen LogP contribution in [0.5, 0.6) is 5.88 Å². The number of hydrogen-bond acceptors (Lipinski definition) is 5. The predicted octanol–water partition coefficient (Wildman–Crippen LogP) is 3.30. The first-order valence-electron chi connectivity index (χ1n) is 11.0. The predicted molar refractivity (Wildman–Crippen MR) is 140 cm³/mol. The highest BCUT2D eigenvalue weighted by Gasteiger charge is 2.23. The fraction of sp³-hybridized carbons (Fsp3) is 0.500. The molecule has 0 radical (unpaired) electrons. The van der Waals surface area contributed by atoms with Crippen molar-refractivity contribution in [2.24, 2.45) is 10.9 Å². The molecule has 1 aliphatic rings. The molecular weight excluding hydrogens is 517 g/mol. The van der Waals surface area contributed by atoms with Crippen LogP contribution < -0.4 is 15.4 Å². The van der Waals surface area contributed by atoms with Crippen LogP contribution in [0.4, 0.5) is 0 Å². The van der Waals surface area contributed by atoms with Gasteiger partial charge in [-0.2, -0.15) is 0 Å². The van der Waals surface area contributed by atoms with E-state index in [9.17, 15) is 0 Å². The maximum absolute atomic E-state index is 5.84. The topological polar surface area (TPSA) is 71.0 Å². The Morgan fingerprint density at radius 2 is 1.88 bits per heavy atom.